The Morgan fingerprint density at radius 2 is 2.00 bits per heavy atom. The van der Waals surface area contributed by atoms with Crippen molar-refractivity contribution in [3.8, 4) is 0 Å². The molecule has 2 heterocycles. The van der Waals surface area contributed by atoms with Crippen LogP contribution in [0, 0.1) is 6.92 Å². The van der Waals surface area contributed by atoms with E-state index in [0.717, 1.165) is 37.0 Å². The number of aromatic nitrogens is 2. The Kier molecular flexibility index (Phi) is 4.52. The fourth-order valence-corrected chi connectivity index (χ4v) is 2.26. The number of thiophene rings is 1. The van der Waals surface area contributed by atoms with Crippen LogP contribution in [0.3, 0.4) is 0 Å². The number of aryl methyl sites for hydroxylation is 1. The SMILES string of the molecule is CCCNc1cc(NCc2ccsc2)nc(C)n1. The summed E-state index contributed by atoms with van der Waals surface area (Å²) in [6.07, 6.45) is 1.08. The van der Waals surface area contributed by atoms with Crippen LogP contribution in [-0.4, -0.2) is 16.5 Å². The second kappa shape index (κ2) is 6.35. The summed E-state index contributed by atoms with van der Waals surface area (Å²) in [5.41, 5.74) is 1.28. The summed E-state index contributed by atoms with van der Waals surface area (Å²) in [4.78, 5) is 8.74. The van der Waals surface area contributed by atoms with Gasteiger partial charge in [-0.05, 0) is 35.7 Å². The maximum Gasteiger partial charge on any atom is 0.132 e. The summed E-state index contributed by atoms with van der Waals surface area (Å²) < 4.78 is 0. The quantitative estimate of drug-likeness (QED) is 0.839. The van der Waals surface area contributed by atoms with Crippen molar-refractivity contribution in [3.05, 3.63) is 34.3 Å². The van der Waals surface area contributed by atoms with Crippen LogP contribution in [0.25, 0.3) is 0 Å². The number of nitrogens with zero attached hydrogens (tertiary/aromatic N) is 2. The maximum atomic E-state index is 4.38. The minimum absolute atomic E-state index is 0.781. The average molecular weight is 262 g/mol. The van der Waals surface area contributed by atoms with Crippen molar-refractivity contribution in [1.82, 2.24) is 9.97 Å². The minimum Gasteiger partial charge on any atom is -0.370 e. The molecule has 0 aliphatic rings. The zero-order chi connectivity index (χ0) is 12.8. The molecule has 0 saturated heterocycles. The van der Waals surface area contributed by atoms with Crippen LogP contribution in [0.2, 0.25) is 0 Å². The Balaban J connectivity index is 2.00. The van der Waals surface area contributed by atoms with Crippen molar-refractivity contribution in [1.29, 1.82) is 0 Å². The number of hydrogen-bond donors (Lipinski definition) is 2. The lowest BCUT2D eigenvalue weighted by molar-refractivity contribution is 0.951. The highest BCUT2D eigenvalue weighted by atomic mass is 32.1. The van der Waals surface area contributed by atoms with Crippen LogP contribution in [0.15, 0.2) is 22.9 Å². The first kappa shape index (κ1) is 12.8. The second-order valence-electron chi connectivity index (χ2n) is 4.10. The Hall–Kier alpha value is -1.62. The molecular weight excluding hydrogens is 244 g/mol. The molecular formula is C13H18N4S. The summed E-state index contributed by atoms with van der Waals surface area (Å²) in [6, 6.07) is 4.07. The van der Waals surface area contributed by atoms with Gasteiger partial charge in [-0.15, -0.1) is 0 Å². The van der Waals surface area contributed by atoms with Crippen molar-refractivity contribution < 1.29 is 0 Å². The highest BCUT2D eigenvalue weighted by molar-refractivity contribution is 7.07. The van der Waals surface area contributed by atoms with Crippen molar-refractivity contribution in [3.63, 3.8) is 0 Å². The fourth-order valence-electron chi connectivity index (χ4n) is 1.59. The lowest BCUT2D eigenvalue weighted by Crippen LogP contribution is -2.07. The van der Waals surface area contributed by atoms with Gasteiger partial charge in [-0.3, -0.25) is 0 Å². The van der Waals surface area contributed by atoms with Crippen molar-refractivity contribution in [2.75, 3.05) is 17.2 Å². The third-order valence-corrected chi connectivity index (χ3v) is 3.18. The van der Waals surface area contributed by atoms with Crippen molar-refractivity contribution in [2.45, 2.75) is 26.8 Å². The van der Waals surface area contributed by atoms with Crippen LogP contribution in [-0.2, 0) is 6.54 Å². The van der Waals surface area contributed by atoms with Crippen LogP contribution in [0.1, 0.15) is 24.7 Å². The molecule has 0 unspecified atom stereocenters. The third-order valence-electron chi connectivity index (χ3n) is 2.45. The van der Waals surface area contributed by atoms with Gasteiger partial charge in [0.25, 0.3) is 0 Å². The van der Waals surface area contributed by atoms with E-state index in [1.165, 1.54) is 5.56 Å². The van der Waals surface area contributed by atoms with Gasteiger partial charge in [0.2, 0.25) is 0 Å². The molecule has 0 saturated carbocycles. The summed E-state index contributed by atoms with van der Waals surface area (Å²) in [6.45, 7) is 5.78. The van der Waals surface area contributed by atoms with Gasteiger partial charge in [-0.25, -0.2) is 9.97 Å². The molecule has 96 valence electrons. The van der Waals surface area contributed by atoms with E-state index in [-0.39, 0.29) is 0 Å². The standard InChI is InChI=1S/C13H18N4S/c1-3-5-14-12-7-13(17-10(2)16-12)15-8-11-4-6-18-9-11/h4,6-7,9H,3,5,8H2,1-2H3,(H2,14,15,16,17). The van der Waals surface area contributed by atoms with Gasteiger partial charge in [0, 0.05) is 19.2 Å². The monoisotopic (exact) mass is 262 g/mol. The normalized spacial score (nSPS) is 10.3. The zero-order valence-electron chi connectivity index (χ0n) is 10.7. The molecule has 0 atom stereocenters. The topological polar surface area (TPSA) is 49.8 Å². The lowest BCUT2D eigenvalue weighted by atomic mass is 10.3. The predicted molar refractivity (Wildman–Crippen MR) is 77.2 cm³/mol. The molecule has 0 bridgehead atoms. The summed E-state index contributed by atoms with van der Waals surface area (Å²) in [7, 11) is 0. The number of hydrogen-bond acceptors (Lipinski definition) is 5. The average Bonchev–Trinajstić information content (AvgIpc) is 2.86. The predicted octanol–water partition coefficient (Wildman–Crippen LogP) is 3.28. The second-order valence-corrected chi connectivity index (χ2v) is 4.88. The van der Waals surface area contributed by atoms with E-state index in [4.69, 9.17) is 0 Å². The molecule has 0 fully saturated rings. The van der Waals surface area contributed by atoms with Crippen LogP contribution >= 0.6 is 11.3 Å². The van der Waals surface area contributed by atoms with Gasteiger partial charge in [0.1, 0.15) is 17.5 Å². The lowest BCUT2D eigenvalue weighted by Gasteiger charge is -2.09. The van der Waals surface area contributed by atoms with Gasteiger partial charge in [0.05, 0.1) is 0 Å². The van der Waals surface area contributed by atoms with Crippen LogP contribution in [0.4, 0.5) is 11.6 Å². The van der Waals surface area contributed by atoms with Gasteiger partial charge in [0.15, 0.2) is 0 Å². The molecule has 0 radical (unpaired) electrons. The molecule has 2 aromatic heterocycles. The van der Waals surface area contributed by atoms with Gasteiger partial charge >= 0.3 is 0 Å². The first-order chi connectivity index (χ1) is 8.78. The number of anilines is 2. The minimum atomic E-state index is 0.781. The van der Waals surface area contributed by atoms with Crippen LogP contribution in [0.5, 0.6) is 0 Å². The summed E-state index contributed by atoms with van der Waals surface area (Å²) >= 11 is 1.71. The Morgan fingerprint density at radius 3 is 2.67 bits per heavy atom. The maximum absolute atomic E-state index is 4.38. The molecule has 0 spiro atoms. The van der Waals surface area contributed by atoms with E-state index in [2.05, 4.69) is 44.4 Å². The first-order valence-corrected chi connectivity index (χ1v) is 7.06. The zero-order valence-corrected chi connectivity index (χ0v) is 11.5. The van der Waals surface area contributed by atoms with Crippen molar-refractivity contribution >= 4 is 23.0 Å². The van der Waals surface area contributed by atoms with Gasteiger partial charge < -0.3 is 10.6 Å². The Bertz CT molecular complexity index is 482. The van der Waals surface area contributed by atoms with Crippen molar-refractivity contribution in [2.24, 2.45) is 0 Å². The Labute approximate surface area is 111 Å². The number of nitrogens with one attached hydrogen (secondary N) is 2. The molecule has 18 heavy (non-hydrogen) atoms. The molecule has 0 aliphatic carbocycles. The van der Waals surface area contributed by atoms with Gasteiger partial charge in [-0.1, -0.05) is 6.92 Å². The molecule has 0 aliphatic heterocycles. The van der Waals surface area contributed by atoms with E-state index in [1.54, 1.807) is 11.3 Å². The van der Waals surface area contributed by atoms with Crippen LogP contribution < -0.4 is 10.6 Å². The molecule has 2 N–H and O–H groups in total. The van der Waals surface area contributed by atoms with E-state index in [1.807, 2.05) is 13.0 Å². The highest BCUT2D eigenvalue weighted by Gasteiger charge is 2.01. The third kappa shape index (κ3) is 3.70. The summed E-state index contributed by atoms with van der Waals surface area (Å²) in [5, 5.41) is 10.8. The summed E-state index contributed by atoms with van der Waals surface area (Å²) in [5.74, 6) is 2.54. The largest absolute Gasteiger partial charge is 0.370 e. The molecule has 2 aromatic rings. The molecule has 0 aromatic carbocycles. The Morgan fingerprint density at radius 1 is 1.22 bits per heavy atom. The van der Waals surface area contributed by atoms with E-state index in [9.17, 15) is 0 Å². The van der Waals surface area contributed by atoms with E-state index >= 15 is 0 Å². The van der Waals surface area contributed by atoms with Gasteiger partial charge in [-0.2, -0.15) is 11.3 Å². The van der Waals surface area contributed by atoms with E-state index in [0.29, 0.717) is 0 Å². The number of rotatable bonds is 6. The smallest absolute Gasteiger partial charge is 0.132 e. The first-order valence-electron chi connectivity index (χ1n) is 6.12. The molecule has 4 nitrogen and oxygen atoms in total. The molecule has 0 amide bonds. The highest BCUT2D eigenvalue weighted by Crippen LogP contribution is 2.13. The molecule has 5 heteroatoms. The molecule has 2 rings (SSSR count). The van der Waals surface area contributed by atoms with E-state index < -0.39 is 0 Å². The fraction of sp³-hybridized carbons (Fsp3) is 0.385.